The molecule has 0 spiro atoms. The zero-order chi connectivity index (χ0) is 13.4. The van der Waals surface area contributed by atoms with Crippen molar-refractivity contribution in [3.8, 4) is 0 Å². The monoisotopic (exact) mass is 256 g/mol. The molecule has 1 unspecified atom stereocenters. The highest BCUT2D eigenvalue weighted by Gasteiger charge is 2.08. The Morgan fingerprint density at radius 3 is 2.89 bits per heavy atom. The van der Waals surface area contributed by atoms with Gasteiger partial charge in [0.2, 0.25) is 6.39 Å². The van der Waals surface area contributed by atoms with Gasteiger partial charge in [-0.05, 0) is 12.3 Å². The summed E-state index contributed by atoms with van der Waals surface area (Å²) in [7, 11) is 0. The second kappa shape index (κ2) is 7.25. The molecule has 8 nitrogen and oxygen atoms in total. The molecular weight excluding hydrogens is 240 g/mol. The fourth-order valence-electron chi connectivity index (χ4n) is 1.23. The first-order valence-corrected chi connectivity index (χ1v) is 5.56. The molecule has 0 aliphatic carbocycles. The van der Waals surface area contributed by atoms with Gasteiger partial charge in [-0.2, -0.15) is 4.98 Å². The van der Waals surface area contributed by atoms with Crippen LogP contribution in [0.4, 0.5) is 4.79 Å². The van der Waals surface area contributed by atoms with Crippen LogP contribution in [0, 0.1) is 5.92 Å². The summed E-state index contributed by atoms with van der Waals surface area (Å²) < 4.78 is 4.51. The minimum absolute atomic E-state index is 0.104. The Bertz CT molecular complexity index is 379. The molecule has 18 heavy (non-hydrogen) atoms. The maximum atomic E-state index is 11.4. The lowest BCUT2D eigenvalue weighted by atomic mass is 10.1. The number of carbonyl (C=O) groups is 2. The molecule has 1 atom stereocenters. The largest absolute Gasteiger partial charge is 0.481 e. The highest BCUT2D eigenvalue weighted by atomic mass is 16.5. The maximum Gasteiger partial charge on any atom is 0.315 e. The number of aromatic nitrogens is 2. The van der Waals surface area contributed by atoms with Crippen molar-refractivity contribution in [2.24, 2.45) is 5.92 Å². The summed E-state index contributed by atoms with van der Waals surface area (Å²) >= 11 is 0. The first-order chi connectivity index (χ1) is 8.58. The van der Waals surface area contributed by atoms with Crippen molar-refractivity contribution in [1.82, 2.24) is 20.8 Å². The maximum absolute atomic E-state index is 11.4. The van der Waals surface area contributed by atoms with Crippen LogP contribution in [-0.4, -0.2) is 33.8 Å². The number of nitrogens with zero attached hydrogens (tertiary/aromatic N) is 2. The van der Waals surface area contributed by atoms with Gasteiger partial charge in [0.15, 0.2) is 5.82 Å². The predicted octanol–water partition coefficient (Wildman–Crippen LogP) is 0.370. The Labute approximate surface area is 104 Å². The van der Waals surface area contributed by atoms with Gasteiger partial charge < -0.3 is 20.3 Å². The zero-order valence-corrected chi connectivity index (χ0v) is 10.0. The van der Waals surface area contributed by atoms with Gasteiger partial charge in [-0.3, -0.25) is 4.79 Å². The van der Waals surface area contributed by atoms with E-state index in [1.165, 1.54) is 6.39 Å². The van der Waals surface area contributed by atoms with Crippen molar-refractivity contribution in [2.45, 2.75) is 26.3 Å². The molecule has 0 saturated heterocycles. The van der Waals surface area contributed by atoms with Crippen LogP contribution in [0.15, 0.2) is 10.9 Å². The average Bonchev–Trinajstić information content (AvgIpc) is 2.84. The van der Waals surface area contributed by atoms with E-state index in [2.05, 4.69) is 25.3 Å². The normalized spacial score (nSPS) is 11.8. The number of nitrogens with one attached hydrogen (secondary N) is 2. The van der Waals surface area contributed by atoms with Crippen LogP contribution < -0.4 is 10.6 Å². The smallest absolute Gasteiger partial charge is 0.315 e. The Hall–Kier alpha value is -2.12. The SMILES string of the molecule is CC(CCC(=O)O)CNC(=O)NCc1ncon1. The molecule has 1 aromatic heterocycles. The summed E-state index contributed by atoms with van der Waals surface area (Å²) in [6, 6.07) is -0.345. The summed E-state index contributed by atoms with van der Waals surface area (Å²) in [6.07, 6.45) is 1.82. The van der Waals surface area contributed by atoms with Crippen molar-refractivity contribution in [2.75, 3.05) is 6.54 Å². The Kier molecular flexibility index (Phi) is 5.62. The van der Waals surface area contributed by atoms with Crippen molar-refractivity contribution in [3.05, 3.63) is 12.2 Å². The first-order valence-electron chi connectivity index (χ1n) is 5.56. The van der Waals surface area contributed by atoms with Gasteiger partial charge in [0.25, 0.3) is 0 Å². The molecule has 0 bridgehead atoms. The second-order valence-electron chi connectivity index (χ2n) is 3.95. The van der Waals surface area contributed by atoms with Crippen LogP contribution >= 0.6 is 0 Å². The minimum atomic E-state index is -0.830. The fraction of sp³-hybridized carbons (Fsp3) is 0.600. The van der Waals surface area contributed by atoms with E-state index in [4.69, 9.17) is 5.11 Å². The molecule has 0 saturated carbocycles. The fourth-order valence-corrected chi connectivity index (χ4v) is 1.23. The Morgan fingerprint density at radius 1 is 1.50 bits per heavy atom. The van der Waals surface area contributed by atoms with Crippen molar-refractivity contribution in [1.29, 1.82) is 0 Å². The predicted molar refractivity (Wildman–Crippen MR) is 60.6 cm³/mol. The molecule has 1 rings (SSSR count). The summed E-state index contributed by atoms with van der Waals surface area (Å²) in [5.41, 5.74) is 0. The number of hydrogen-bond acceptors (Lipinski definition) is 5. The molecule has 100 valence electrons. The van der Waals surface area contributed by atoms with Gasteiger partial charge >= 0.3 is 12.0 Å². The van der Waals surface area contributed by atoms with Gasteiger partial charge in [-0.1, -0.05) is 12.1 Å². The molecule has 0 aromatic carbocycles. The van der Waals surface area contributed by atoms with Crippen LogP contribution in [0.1, 0.15) is 25.6 Å². The average molecular weight is 256 g/mol. The molecular formula is C10H16N4O4. The van der Waals surface area contributed by atoms with Crippen molar-refractivity contribution >= 4 is 12.0 Å². The lowest BCUT2D eigenvalue weighted by Crippen LogP contribution is -2.37. The van der Waals surface area contributed by atoms with Crippen LogP contribution in [0.2, 0.25) is 0 Å². The lowest BCUT2D eigenvalue weighted by molar-refractivity contribution is -0.137. The Morgan fingerprint density at radius 2 is 2.28 bits per heavy atom. The lowest BCUT2D eigenvalue weighted by Gasteiger charge is -2.11. The van der Waals surface area contributed by atoms with E-state index in [1.807, 2.05) is 6.92 Å². The quantitative estimate of drug-likeness (QED) is 0.648. The van der Waals surface area contributed by atoms with E-state index < -0.39 is 5.97 Å². The molecule has 2 amide bonds. The number of aliphatic carboxylic acids is 1. The van der Waals surface area contributed by atoms with Crippen LogP contribution in [0.3, 0.4) is 0 Å². The molecule has 0 fully saturated rings. The second-order valence-corrected chi connectivity index (χ2v) is 3.95. The van der Waals surface area contributed by atoms with E-state index in [9.17, 15) is 9.59 Å². The topological polar surface area (TPSA) is 117 Å². The van der Waals surface area contributed by atoms with Crippen molar-refractivity contribution in [3.63, 3.8) is 0 Å². The number of hydrogen-bond donors (Lipinski definition) is 3. The van der Waals surface area contributed by atoms with E-state index in [1.54, 1.807) is 0 Å². The third-order valence-electron chi connectivity index (χ3n) is 2.28. The number of rotatable bonds is 7. The summed E-state index contributed by atoms with van der Waals surface area (Å²) in [6.45, 7) is 2.49. The van der Waals surface area contributed by atoms with Gasteiger partial charge in [-0.25, -0.2) is 4.79 Å². The van der Waals surface area contributed by atoms with Gasteiger partial charge in [0, 0.05) is 13.0 Å². The van der Waals surface area contributed by atoms with Gasteiger partial charge in [0.1, 0.15) is 0 Å². The molecule has 0 aliphatic rings. The molecule has 0 radical (unpaired) electrons. The van der Waals surface area contributed by atoms with Gasteiger partial charge in [0.05, 0.1) is 6.54 Å². The highest BCUT2D eigenvalue weighted by Crippen LogP contribution is 2.03. The van der Waals surface area contributed by atoms with E-state index in [-0.39, 0.29) is 24.9 Å². The number of carbonyl (C=O) groups excluding carboxylic acids is 1. The third-order valence-corrected chi connectivity index (χ3v) is 2.28. The Balaban J connectivity index is 2.11. The molecule has 1 heterocycles. The van der Waals surface area contributed by atoms with E-state index >= 15 is 0 Å². The molecule has 8 heteroatoms. The first kappa shape index (κ1) is 13.9. The molecule has 3 N–H and O–H groups in total. The van der Waals surface area contributed by atoms with Crippen LogP contribution in [0.5, 0.6) is 0 Å². The zero-order valence-electron chi connectivity index (χ0n) is 10.0. The van der Waals surface area contributed by atoms with Crippen LogP contribution in [0.25, 0.3) is 0 Å². The molecule has 0 aliphatic heterocycles. The number of amides is 2. The highest BCUT2D eigenvalue weighted by molar-refractivity contribution is 5.73. The summed E-state index contributed by atoms with van der Waals surface area (Å²) in [5, 5.41) is 17.2. The van der Waals surface area contributed by atoms with Crippen LogP contribution in [-0.2, 0) is 11.3 Å². The van der Waals surface area contributed by atoms with E-state index in [0.29, 0.717) is 18.8 Å². The van der Waals surface area contributed by atoms with E-state index in [0.717, 1.165) is 0 Å². The van der Waals surface area contributed by atoms with Crippen molar-refractivity contribution < 1.29 is 19.2 Å². The van der Waals surface area contributed by atoms with Gasteiger partial charge in [-0.15, -0.1) is 0 Å². The summed E-state index contributed by atoms with van der Waals surface area (Å²) in [5.74, 6) is -0.329. The summed E-state index contributed by atoms with van der Waals surface area (Å²) in [4.78, 5) is 25.5. The molecule has 1 aromatic rings. The standard InChI is InChI=1S/C10H16N4O4/c1-7(2-3-9(15)16)4-11-10(17)12-5-8-13-6-18-14-8/h6-7H,2-5H2,1H3,(H,15,16)(H2,11,12,17). The third kappa shape index (κ3) is 5.83. The number of carboxylic acid groups (broad SMARTS) is 1. The minimum Gasteiger partial charge on any atom is -0.481 e. The number of urea groups is 1. The number of carboxylic acids is 1.